The predicted octanol–water partition coefficient (Wildman–Crippen LogP) is 5.91. The fraction of sp³-hybridized carbons (Fsp3) is 0.538. The molecule has 1 saturated heterocycles. The van der Waals surface area contributed by atoms with E-state index in [2.05, 4.69) is 11.9 Å². The lowest BCUT2D eigenvalue weighted by atomic mass is 9.80. The topological polar surface area (TPSA) is 70.7 Å². The molecule has 2 aliphatic heterocycles. The minimum Gasteiger partial charge on any atom is -0.327 e. The van der Waals surface area contributed by atoms with Gasteiger partial charge in [0, 0.05) is 31.3 Å². The molecule has 1 aromatic carbocycles. The first-order valence-electron chi connectivity index (χ1n) is 12.1. The summed E-state index contributed by atoms with van der Waals surface area (Å²) in [6.45, 7) is 4.36. The van der Waals surface area contributed by atoms with Crippen LogP contribution in [0.1, 0.15) is 49.8 Å². The number of fused-ring (bicyclic) bond motifs is 1. The number of aliphatic imine (C=N–C) groups is 1. The highest BCUT2D eigenvalue weighted by Crippen LogP contribution is 2.39. The first-order chi connectivity index (χ1) is 16.9. The summed E-state index contributed by atoms with van der Waals surface area (Å²) in [6, 6.07) is 2.35. The summed E-state index contributed by atoms with van der Waals surface area (Å²) in [5.41, 5.74) is 8.99. The van der Waals surface area contributed by atoms with E-state index in [9.17, 15) is 22.4 Å². The fourth-order valence-electron chi connectivity index (χ4n) is 5.08. The van der Waals surface area contributed by atoms with Crippen molar-refractivity contribution in [1.82, 2.24) is 10.2 Å². The van der Waals surface area contributed by atoms with Crippen molar-refractivity contribution in [2.24, 2.45) is 16.6 Å². The summed E-state index contributed by atoms with van der Waals surface area (Å²) >= 11 is 6.23. The maximum absolute atomic E-state index is 14.5. The molecule has 0 radical (unpaired) electrons. The summed E-state index contributed by atoms with van der Waals surface area (Å²) in [7, 11) is 0. The number of amides is 2. The third kappa shape index (κ3) is 5.32. The van der Waals surface area contributed by atoms with Gasteiger partial charge in [-0.15, -0.1) is 11.6 Å². The first-order valence-corrected chi connectivity index (χ1v) is 12.6. The third-order valence-electron chi connectivity index (χ3n) is 7.45. The van der Waals surface area contributed by atoms with Crippen LogP contribution in [0.25, 0.3) is 0 Å². The molecule has 0 spiro atoms. The summed E-state index contributed by atoms with van der Waals surface area (Å²) in [5.74, 6) is -5.97. The van der Waals surface area contributed by atoms with Crippen LogP contribution in [0.3, 0.4) is 0 Å². The van der Waals surface area contributed by atoms with Gasteiger partial charge in [-0.05, 0) is 60.9 Å². The Bertz CT molecular complexity index is 1080. The molecule has 0 aromatic heterocycles. The van der Waals surface area contributed by atoms with Gasteiger partial charge < -0.3 is 16.0 Å². The van der Waals surface area contributed by atoms with Crippen LogP contribution >= 0.6 is 11.6 Å². The molecule has 36 heavy (non-hydrogen) atoms. The van der Waals surface area contributed by atoms with Crippen molar-refractivity contribution in [2.75, 3.05) is 12.4 Å². The number of carbonyl (C=O) groups excluding carboxylic acids is 1. The third-order valence-corrected chi connectivity index (χ3v) is 7.74. The molecule has 0 bridgehead atoms. The minimum atomic E-state index is -3.25. The molecule has 1 aliphatic carbocycles. The Morgan fingerprint density at radius 1 is 1.36 bits per heavy atom. The summed E-state index contributed by atoms with van der Waals surface area (Å²) < 4.78 is 56.2. The van der Waals surface area contributed by atoms with E-state index >= 15 is 0 Å². The van der Waals surface area contributed by atoms with Crippen molar-refractivity contribution < 1.29 is 22.4 Å². The van der Waals surface area contributed by atoms with Gasteiger partial charge >= 0.3 is 6.03 Å². The lowest BCUT2D eigenvalue weighted by Crippen LogP contribution is -2.44. The van der Waals surface area contributed by atoms with Gasteiger partial charge in [0.2, 0.25) is 5.92 Å². The molecule has 3 N–H and O–H groups in total. The first kappa shape index (κ1) is 26.7. The molecule has 3 aliphatic rings. The quantitative estimate of drug-likeness (QED) is 0.263. The minimum absolute atomic E-state index is 0.00217. The van der Waals surface area contributed by atoms with Crippen molar-refractivity contribution >= 4 is 29.0 Å². The van der Waals surface area contributed by atoms with E-state index in [1.165, 1.54) is 11.8 Å². The van der Waals surface area contributed by atoms with Gasteiger partial charge in [-0.25, -0.2) is 13.6 Å². The predicted molar refractivity (Wildman–Crippen MR) is 134 cm³/mol. The van der Waals surface area contributed by atoms with Crippen molar-refractivity contribution in [3.8, 4) is 0 Å². The number of hydrogen-bond acceptors (Lipinski definition) is 3. The van der Waals surface area contributed by atoms with Crippen LogP contribution < -0.4 is 11.1 Å². The van der Waals surface area contributed by atoms with Crippen molar-refractivity contribution in [2.45, 2.75) is 69.0 Å². The number of hydrogen-bond donors (Lipinski definition) is 2. The zero-order valence-electron chi connectivity index (χ0n) is 20.1. The van der Waals surface area contributed by atoms with Gasteiger partial charge in [0.1, 0.15) is 6.04 Å². The van der Waals surface area contributed by atoms with E-state index in [-0.39, 0.29) is 36.8 Å². The number of nitrogens with zero attached hydrogens (tertiary/aromatic N) is 2. The highest BCUT2D eigenvalue weighted by atomic mass is 35.5. The largest absolute Gasteiger partial charge is 0.327 e. The van der Waals surface area contributed by atoms with Crippen LogP contribution in [0.15, 0.2) is 47.5 Å². The Hall–Kier alpha value is -2.39. The maximum Gasteiger partial charge on any atom is 0.318 e. The van der Waals surface area contributed by atoms with E-state index in [1.54, 1.807) is 6.07 Å². The second kappa shape index (κ2) is 10.2. The molecule has 2 fully saturated rings. The molecule has 3 atom stereocenters. The number of rotatable bonds is 7. The van der Waals surface area contributed by atoms with Crippen LogP contribution in [0.5, 0.6) is 0 Å². The summed E-state index contributed by atoms with van der Waals surface area (Å²) in [5, 5.41) is 2.36. The molecule has 196 valence electrons. The summed E-state index contributed by atoms with van der Waals surface area (Å²) in [6.07, 6.45) is 4.70. The lowest BCUT2D eigenvalue weighted by Gasteiger charge is -2.32. The molecule has 10 heteroatoms. The Labute approximate surface area is 213 Å². The fourth-order valence-corrected chi connectivity index (χ4v) is 5.42. The molecule has 2 heterocycles. The zero-order chi connectivity index (χ0) is 26.3. The van der Waals surface area contributed by atoms with E-state index in [0.29, 0.717) is 36.2 Å². The number of carbonyl (C=O) groups is 1. The van der Waals surface area contributed by atoms with Crippen molar-refractivity contribution in [3.63, 3.8) is 0 Å². The molecule has 2 amide bonds. The molecular formula is C26H31ClF4N4O. The van der Waals surface area contributed by atoms with Gasteiger partial charge in [-0.1, -0.05) is 24.8 Å². The molecule has 5 nitrogen and oxygen atoms in total. The monoisotopic (exact) mass is 526 g/mol. The van der Waals surface area contributed by atoms with Crippen LogP contribution in [0, 0.1) is 5.92 Å². The highest BCUT2D eigenvalue weighted by molar-refractivity contribution is 6.18. The zero-order valence-corrected chi connectivity index (χ0v) is 20.9. The highest BCUT2D eigenvalue weighted by Gasteiger charge is 2.48. The van der Waals surface area contributed by atoms with E-state index in [0.717, 1.165) is 5.56 Å². The van der Waals surface area contributed by atoms with Crippen molar-refractivity contribution in [3.05, 3.63) is 53.6 Å². The normalized spacial score (nSPS) is 24.0. The average Bonchev–Trinajstić information content (AvgIpc) is 3.08. The van der Waals surface area contributed by atoms with Gasteiger partial charge in [-0.2, -0.15) is 8.78 Å². The lowest BCUT2D eigenvalue weighted by molar-refractivity contribution is -0.0462. The van der Waals surface area contributed by atoms with Crippen LogP contribution in [0.4, 0.5) is 28.0 Å². The van der Waals surface area contributed by atoms with E-state index < -0.39 is 36.0 Å². The van der Waals surface area contributed by atoms with Crippen LogP contribution in [-0.4, -0.2) is 53.0 Å². The molecule has 4 rings (SSSR count). The van der Waals surface area contributed by atoms with Crippen LogP contribution in [-0.2, 0) is 6.42 Å². The average molecular weight is 527 g/mol. The van der Waals surface area contributed by atoms with Gasteiger partial charge in [0.15, 0.2) is 0 Å². The molecule has 1 saturated carbocycles. The van der Waals surface area contributed by atoms with Crippen molar-refractivity contribution in [1.29, 1.82) is 0 Å². The molecule has 1 aromatic rings. The Morgan fingerprint density at radius 3 is 2.69 bits per heavy atom. The smallest absolute Gasteiger partial charge is 0.318 e. The van der Waals surface area contributed by atoms with E-state index in [4.69, 9.17) is 22.3 Å². The molecule has 0 unspecified atom stereocenters. The number of alkyl halides is 5. The summed E-state index contributed by atoms with van der Waals surface area (Å²) in [4.78, 5) is 18.7. The van der Waals surface area contributed by atoms with E-state index in [1.807, 2.05) is 24.3 Å². The second-order valence-electron chi connectivity index (χ2n) is 9.98. The number of benzene rings is 1. The number of allylic oxidation sites excluding steroid dienone is 1. The van der Waals surface area contributed by atoms with Gasteiger partial charge in [0.05, 0.1) is 17.4 Å². The Morgan fingerprint density at radius 2 is 2.06 bits per heavy atom. The standard InChI is InChI=1S/C26H31ClF4N4O/c1-15(2)26(30,31)22-14-35(24(36)34-22)21(13-27)18-7-6-16-4-3-5-19(33-20(16)12-18)23(32)17-8-10-25(28,29)11-9-17/h3,5-7,12,17,21-23H,1,4,8-11,13-14,32H2,2H3,(H,34,36)/t21-,22+,23+/m1/s1. The Balaban J connectivity index is 1.57. The Kier molecular flexibility index (Phi) is 7.53. The maximum atomic E-state index is 14.5. The van der Waals surface area contributed by atoms with Crippen LogP contribution in [0.2, 0.25) is 0 Å². The molecular weight excluding hydrogens is 496 g/mol. The number of nitrogens with two attached hydrogens (primary N) is 1. The number of halogens is 5. The van der Waals surface area contributed by atoms with Gasteiger partial charge in [0.25, 0.3) is 5.92 Å². The SMILES string of the molecule is C=C(C)C(F)(F)[C@@H]1CN([C@H](CCl)c2ccc3c(c2)N=C([C@@H](N)C2CCC(F)(F)CC2)C=CC3)C(=O)N1. The second-order valence-corrected chi connectivity index (χ2v) is 10.3. The number of urea groups is 1. The van der Waals surface area contributed by atoms with Gasteiger partial charge in [-0.3, -0.25) is 4.99 Å². The number of nitrogens with one attached hydrogen (secondary N) is 1.